The second-order valence-electron chi connectivity index (χ2n) is 3.93. The molecule has 1 aliphatic heterocycles. The molecule has 1 aliphatic rings. The van der Waals surface area contributed by atoms with Gasteiger partial charge in [0.2, 0.25) is 0 Å². The molecule has 2 N–H and O–H groups in total. The summed E-state index contributed by atoms with van der Waals surface area (Å²) in [6.07, 6.45) is 1.08. The molecule has 76 valence electrons. The lowest BCUT2D eigenvalue weighted by Gasteiger charge is -2.18. The molecule has 2 nitrogen and oxygen atoms in total. The first-order chi connectivity index (χ1) is 6.66. The van der Waals surface area contributed by atoms with Crippen LogP contribution in [-0.2, 0) is 0 Å². The van der Waals surface area contributed by atoms with Crippen LogP contribution in [0.1, 0.15) is 12.0 Å². The highest BCUT2D eigenvalue weighted by atomic mass is 35.5. The van der Waals surface area contributed by atoms with Gasteiger partial charge in [0, 0.05) is 29.8 Å². The first-order valence-electron chi connectivity index (χ1n) is 4.93. The summed E-state index contributed by atoms with van der Waals surface area (Å²) >= 11 is 5.97. The van der Waals surface area contributed by atoms with Crippen LogP contribution in [0.4, 0.5) is 5.69 Å². The third-order valence-corrected chi connectivity index (χ3v) is 3.16. The number of benzene rings is 1. The second-order valence-corrected chi connectivity index (χ2v) is 4.34. The Morgan fingerprint density at radius 2 is 2.29 bits per heavy atom. The maximum Gasteiger partial charge on any atom is 0.0436 e. The highest BCUT2D eigenvalue weighted by Crippen LogP contribution is 2.24. The molecule has 0 saturated carbocycles. The fourth-order valence-corrected chi connectivity index (χ4v) is 1.96. The van der Waals surface area contributed by atoms with E-state index in [4.69, 9.17) is 17.3 Å². The highest BCUT2D eigenvalue weighted by molar-refractivity contribution is 6.31. The van der Waals surface area contributed by atoms with Crippen LogP contribution in [0.2, 0.25) is 5.02 Å². The SMILES string of the molecule is Cc1cc(N2CC[C@@H](N)C2)ccc1Cl. The summed E-state index contributed by atoms with van der Waals surface area (Å²) < 4.78 is 0. The molecule has 0 aromatic heterocycles. The minimum atomic E-state index is 0.325. The van der Waals surface area contributed by atoms with Crippen LogP contribution in [0.3, 0.4) is 0 Å². The van der Waals surface area contributed by atoms with Gasteiger partial charge in [0.15, 0.2) is 0 Å². The zero-order valence-corrected chi connectivity index (χ0v) is 9.09. The Hall–Kier alpha value is -0.730. The monoisotopic (exact) mass is 210 g/mol. The van der Waals surface area contributed by atoms with Crippen molar-refractivity contribution in [2.75, 3.05) is 18.0 Å². The second kappa shape index (κ2) is 3.79. The molecular formula is C11H15ClN2. The Morgan fingerprint density at radius 1 is 1.50 bits per heavy atom. The van der Waals surface area contributed by atoms with Gasteiger partial charge in [0.1, 0.15) is 0 Å². The summed E-state index contributed by atoms with van der Waals surface area (Å²) in [4.78, 5) is 2.31. The van der Waals surface area contributed by atoms with E-state index in [-0.39, 0.29) is 0 Å². The van der Waals surface area contributed by atoms with Crippen molar-refractivity contribution < 1.29 is 0 Å². The predicted octanol–water partition coefficient (Wildman–Crippen LogP) is 2.19. The molecule has 0 bridgehead atoms. The molecule has 14 heavy (non-hydrogen) atoms. The van der Waals surface area contributed by atoms with E-state index in [1.165, 1.54) is 5.69 Å². The van der Waals surface area contributed by atoms with E-state index in [1.807, 2.05) is 13.0 Å². The smallest absolute Gasteiger partial charge is 0.0436 e. The van der Waals surface area contributed by atoms with E-state index in [9.17, 15) is 0 Å². The van der Waals surface area contributed by atoms with Gasteiger partial charge >= 0.3 is 0 Å². The van der Waals surface area contributed by atoms with Crippen LogP contribution >= 0.6 is 11.6 Å². The van der Waals surface area contributed by atoms with Crippen molar-refractivity contribution in [2.45, 2.75) is 19.4 Å². The average molecular weight is 211 g/mol. The summed E-state index contributed by atoms with van der Waals surface area (Å²) in [7, 11) is 0. The van der Waals surface area contributed by atoms with Crippen molar-refractivity contribution in [2.24, 2.45) is 5.73 Å². The molecule has 1 fully saturated rings. The van der Waals surface area contributed by atoms with Crippen molar-refractivity contribution in [3.63, 3.8) is 0 Å². The number of anilines is 1. The van der Waals surface area contributed by atoms with E-state index in [1.54, 1.807) is 0 Å². The zero-order chi connectivity index (χ0) is 10.1. The predicted molar refractivity (Wildman–Crippen MR) is 61.0 cm³/mol. The molecule has 3 heteroatoms. The van der Waals surface area contributed by atoms with Gasteiger partial charge in [-0.25, -0.2) is 0 Å². The number of nitrogens with zero attached hydrogens (tertiary/aromatic N) is 1. The van der Waals surface area contributed by atoms with Crippen molar-refractivity contribution in [3.05, 3.63) is 28.8 Å². The van der Waals surface area contributed by atoms with E-state index in [2.05, 4.69) is 17.0 Å². The van der Waals surface area contributed by atoms with Gasteiger partial charge in [-0.2, -0.15) is 0 Å². The molecule has 0 aliphatic carbocycles. The van der Waals surface area contributed by atoms with E-state index in [0.717, 1.165) is 30.1 Å². The number of hydrogen-bond donors (Lipinski definition) is 1. The Balaban J connectivity index is 2.20. The van der Waals surface area contributed by atoms with Crippen LogP contribution in [0.25, 0.3) is 0 Å². The topological polar surface area (TPSA) is 29.3 Å². The van der Waals surface area contributed by atoms with Crippen molar-refractivity contribution in [3.8, 4) is 0 Å². The van der Waals surface area contributed by atoms with E-state index >= 15 is 0 Å². The molecule has 0 spiro atoms. The lowest BCUT2D eigenvalue weighted by atomic mass is 10.2. The van der Waals surface area contributed by atoms with Gasteiger partial charge in [-0.1, -0.05) is 11.6 Å². The third kappa shape index (κ3) is 1.86. The average Bonchev–Trinajstić information content (AvgIpc) is 2.57. The standard InChI is InChI=1S/C11H15ClN2/c1-8-6-10(2-3-11(8)12)14-5-4-9(13)7-14/h2-3,6,9H,4-5,7,13H2,1H3/t9-/m1/s1. The van der Waals surface area contributed by atoms with Crippen LogP contribution in [0.5, 0.6) is 0 Å². The summed E-state index contributed by atoms with van der Waals surface area (Å²) in [6, 6.07) is 6.47. The molecule has 0 unspecified atom stereocenters. The molecular weight excluding hydrogens is 196 g/mol. The summed E-state index contributed by atoms with van der Waals surface area (Å²) in [5.41, 5.74) is 8.23. The molecule has 0 amide bonds. The lowest BCUT2D eigenvalue weighted by molar-refractivity contribution is 0.752. The Bertz CT molecular complexity index is 338. The number of nitrogens with two attached hydrogens (primary N) is 1. The maximum absolute atomic E-state index is 5.97. The fraction of sp³-hybridized carbons (Fsp3) is 0.455. The van der Waals surface area contributed by atoms with Gasteiger partial charge in [0.05, 0.1) is 0 Å². The van der Waals surface area contributed by atoms with Crippen molar-refractivity contribution in [1.82, 2.24) is 0 Å². The molecule has 1 aromatic carbocycles. The maximum atomic E-state index is 5.97. The van der Waals surface area contributed by atoms with E-state index in [0.29, 0.717) is 6.04 Å². The van der Waals surface area contributed by atoms with Crippen LogP contribution in [0, 0.1) is 6.92 Å². The minimum absolute atomic E-state index is 0.325. The van der Waals surface area contributed by atoms with Gasteiger partial charge in [0.25, 0.3) is 0 Å². The lowest BCUT2D eigenvalue weighted by Crippen LogP contribution is -2.26. The number of halogens is 1. The van der Waals surface area contributed by atoms with Gasteiger partial charge in [-0.15, -0.1) is 0 Å². The largest absolute Gasteiger partial charge is 0.370 e. The Labute approximate surface area is 89.7 Å². The number of aryl methyl sites for hydroxylation is 1. The van der Waals surface area contributed by atoms with Gasteiger partial charge in [-0.3, -0.25) is 0 Å². The van der Waals surface area contributed by atoms with Crippen LogP contribution in [0.15, 0.2) is 18.2 Å². The van der Waals surface area contributed by atoms with Crippen molar-refractivity contribution >= 4 is 17.3 Å². The summed E-state index contributed by atoms with van der Waals surface area (Å²) in [6.45, 7) is 4.05. The highest BCUT2D eigenvalue weighted by Gasteiger charge is 2.19. The van der Waals surface area contributed by atoms with E-state index < -0.39 is 0 Å². The molecule has 0 radical (unpaired) electrons. The van der Waals surface area contributed by atoms with Crippen LogP contribution < -0.4 is 10.6 Å². The Morgan fingerprint density at radius 3 is 2.86 bits per heavy atom. The minimum Gasteiger partial charge on any atom is -0.370 e. The molecule has 2 rings (SSSR count). The summed E-state index contributed by atoms with van der Waals surface area (Å²) in [5.74, 6) is 0. The third-order valence-electron chi connectivity index (χ3n) is 2.73. The molecule has 1 saturated heterocycles. The molecule has 1 atom stereocenters. The first-order valence-corrected chi connectivity index (χ1v) is 5.31. The van der Waals surface area contributed by atoms with Crippen LogP contribution in [-0.4, -0.2) is 19.1 Å². The van der Waals surface area contributed by atoms with Gasteiger partial charge in [-0.05, 0) is 37.1 Å². The number of hydrogen-bond acceptors (Lipinski definition) is 2. The Kier molecular flexibility index (Phi) is 2.66. The normalized spacial score (nSPS) is 21.6. The quantitative estimate of drug-likeness (QED) is 0.770. The molecule has 1 aromatic rings. The molecule has 1 heterocycles. The summed E-state index contributed by atoms with van der Waals surface area (Å²) in [5, 5.41) is 0.831. The van der Waals surface area contributed by atoms with Crippen molar-refractivity contribution in [1.29, 1.82) is 0 Å². The number of rotatable bonds is 1. The fourth-order valence-electron chi connectivity index (χ4n) is 1.85. The first kappa shape index (κ1) is 9.81. The van der Waals surface area contributed by atoms with Gasteiger partial charge < -0.3 is 10.6 Å². The zero-order valence-electron chi connectivity index (χ0n) is 8.33.